The van der Waals surface area contributed by atoms with Gasteiger partial charge in [-0.3, -0.25) is 9.69 Å². The van der Waals surface area contributed by atoms with Gasteiger partial charge in [0.1, 0.15) is 11.3 Å². The number of ether oxygens (including phenoxy) is 3. The molecule has 172 valence electrons. The van der Waals surface area contributed by atoms with Crippen LogP contribution in [0.3, 0.4) is 0 Å². The van der Waals surface area contributed by atoms with Gasteiger partial charge < -0.3 is 19.5 Å². The predicted molar refractivity (Wildman–Crippen MR) is 122 cm³/mol. The largest absolute Gasteiger partial charge is 0.494 e. The Morgan fingerprint density at radius 3 is 2.22 bits per heavy atom. The smallest absolute Gasteiger partial charge is 0.325 e. The van der Waals surface area contributed by atoms with Crippen molar-refractivity contribution in [3.63, 3.8) is 0 Å². The van der Waals surface area contributed by atoms with E-state index in [1.165, 1.54) is 17.6 Å². The second-order valence-corrected chi connectivity index (χ2v) is 9.06. The Kier molecular flexibility index (Phi) is 6.67. The minimum absolute atomic E-state index is 0.0859. The quantitative estimate of drug-likeness (QED) is 0.491. The molecule has 1 aliphatic heterocycles. The van der Waals surface area contributed by atoms with Crippen molar-refractivity contribution in [1.29, 1.82) is 0 Å². The maximum Gasteiger partial charge on any atom is 0.325 e. The van der Waals surface area contributed by atoms with Crippen molar-refractivity contribution in [1.82, 2.24) is 10.2 Å². The number of carbonyl (C=O) groups is 2. The molecule has 1 N–H and O–H groups in total. The van der Waals surface area contributed by atoms with Gasteiger partial charge >= 0.3 is 6.03 Å². The van der Waals surface area contributed by atoms with Gasteiger partial charge in [-0.25, -0.2) is 4.79 Å². The van der Waals surface area contributed by atoms with E-state index in [0.29, 0.717) is 30.1 Å². The van der Waals surface area contributed by atoms with Gasteiger partial charge in [0.15, 0.2) is 11.5 Å². The number of imide groups is 1. The summed E-state index contributed by atoms with van der Waals surface area (Å²) in [4.78, 5) is 26.9. The molecule has 0 aromatic heterocycles. The molecule has 3 amide bonds. The van der Waals surface area contributed by atoms with E-state index in [2.05, 4.69) is 38.2 Å². The summed E-state index contributed by atoms with van der Waals surface area (Å²) in [6.45, 7) is 8.86. The third-order valence-corrected chi connectivity index (χ3v) is 5.75. The zero-order valence-electron chi connectivity index (χ0n) is 19.7. The molecule has 0 radical (unpaired) electrons. The van der Waals surface area contributed by atoms with Crippen LogP contribution >= 0.6 is 0 Å². The van der Waals surface area contributed by atoms with Crippen molar-refractivity contribution in [3.05, 3.63) is 53.6 Å². The molecule has 1 atom stereocenters. The zero-order valence-corrected chi connectivity index (χ0v) is 19.7. The van der Waals surface area contributed by atoms with Gasteiger partial charge in [0.05, 0.1) is 20.8 Å². The van der Waals surface area contributed by atoms with Crippen LogP contribution in [0.5, 0.6) is 17.2 Å². The number of carbonyl (C=O) groups excluding carboxylic acids is 2. The van der Waals surface area contributed by atoms with Gasteiger partial charge in [-0.2, -0.15) is 0 Å². The summed E-state index contributed by atoms with van der Waals surface area (Å²) in [5, 5.41) is 2.81. The molecular formula is C25H32N2O5. The molecular weight excluding hydrogens is 408 g/mol. The van der Waals surface area contributed by atoms with Crippen LogP contribution in [0.2, 0.25) is 0 Å². The molecule has 0 unspecified atom stereocenters. The summed E-state index contributed by atoms with van der Waals surface area (Å²) < 4.78 is 16.4. The first-order valence-corrected chi connectivity index (χ1v) is 10.7. The van der Waals surface area contributed by atoms with Gasteiger partial charge in [-0.1, -0.05) is 39.0 Å². The van der Waals surface area contributed by atoms with Gasteiger partial charge in [-0.15, -0.1) is 0 Å². The molecule has 1 heterocycles. The lowest BCUT2D eigenvalue weighted by Gasteiger charge is -2.23. The van der Waals surface area contributed by atoms with Crippen LogP contribution in [-0.4, -0.2) is 44.2 Å². The third kappa shape index (κ3) is 4.66. The monoisotopic (exact) mass is 440 g/mol. The Hall–Kier alpha value is -3.22. The van der Waals surface area contributed by atoms with E-state index in [1.807, 2.05) is 12.1 Å². The second-order valence-electron chi connectivity index (χ2n) is 9.06. The van der Waals surface area contributed by atoms with Crippen LogP contribution in [0.25, 0.3) is 0 Å². The predicted octanol–water partition coefficient (Wildman–Crippen LogP) is 4.24. The number of hydrogen-bond donors (Lipinski definition) is 1. The average Bonchev–Trinajstić information content (AvgIpc) is 2.99. The summed E-state index contributed by atoms with van der Waals surface area (Å²) in [5.41, 5.74) is 0.785. The van der Waals surface area contributed by atoms with Gasteiger partial charge in [-0.05, 0) is 54.2 Å². The zero-order chi connectivity index (χ0) is 23.5. The van der Waals surface area contributed by atoms with Crippen molar-refractivity contribution in [2.24, 2.45) is 0 Å². The van der Waals surface area contributed by atoms with Crippen molar-refractivity contribution in [2.45, 2.75) is 45.1 Å². The van der Waals surface area contributed by atoms with Crippen LogP contribution < -0.4 is 19.5 Å². The Morgan fingerprint density at radius 2 is 1.62 bits per heavy atom. The standard InChI is InChI=1S/C25H32N2O5/c1-24(2,3)17-8-11-19(12-9-17)32-15-7-14-27-22(28)25(4,26-23(27)29)18-10-13-20(30-5)21(16-18)31-6/h8-13,16H,7,14-15H2,1-6H3,(H,26,29)/t25-/m1/s1. The molecule has 0 bridgehead atoms. The second kappa shape index (κ2) is 9.10. The highest BCUT2D eigenvalue weighted by Gasteiger charge is 2.49. The van der Waals surface area contributed by atoms with Gasteiger partial charge in [0.2, 0.25) is 0 Å². The van der Waals surface area contributed by atoms with E-state index in [1.54, 1.807) is 32.2 Å². The molecule has 1 saturated heterocycles. The Morgan fingerprint density at radius 1 is 0.969 bits per heavy atom. The van der Waals surface area contributed by atoms with Crippen LogP contribution in [0, 0.1) is 0 Å². The fourth-order valence-electron chi connectivity index (χ4n) is 3.71. The fourth-order valence-corrected chi connectivity index (χ4v) is 3.71. The maximum atomic E-state index is 13.1. The first-order valence-electron chi connectivity index (χ1n) is 10.7. The average molecular weight is 441 g/mol. The van der Waals surface area contributed by atoms with E-state index in [9.17, 15) is 9.59 Å². The molecule has 2 aromatic rings. The van der Waals surface area contributed by atoms with Crippen molar-refractivity contribution in [2.75, 3.05) is 27.4 Å². The number of urea groups is 1. The first-order chi connectivity index (χ1) is 15.1. The molecule has 7 nitrogen and oxygen atoms in total. The van der Waals surface area contributed by atoms with Gasteiger partial charge in [0.25, 0.3) is 5.91 Å². The van der Waals surface area contributed by atoms with E-state index in [4.69, 9.17) is 14.2 Å². The number of nitrogens with one attached hydrogen (secondary N) is 1. The van der Waals surface area contributed by atoms with Crippen LogP contribution in [0.1, 0.15) is 45.2 Å². The Balaban J connectivity index is 1.60. The van der Waals surface area contributed by atoms with E-state index >= 15 is 0 Å². The van der Waals surface area contributed by atoms with E-state index in [-0.39, 0.29) is 17.9 Å². The highest BCUT2D eigenvalue weighted by atomic mass is 16.5. The van der Waals surface area contributed by atoms with E-state index < -0.39 is 11.6 Å². The summed E-state index contributed by atoms with van der Waals surface area (Å²) in [7, 11) is 3.08. The topological polar surface area (TPSA) is 77.1 Å². The first kappa shape index (κ1) is 23.4. The molecule has 7 heteroatoms. The van der Waals surface area contributed by atoms with Crippen molar-refractivity contribution in [3.8, 4) is 17.2 Å². The van der Waals surface area contributed by atoms with Crippen molar-refractivity contribution >= 4 is 11.9 Å². The maximum absolute atomic E-state index is 13.1. The minimum Gasteiger partial charge on any atom is -0.494 e. The molecule has 0 saturated carbocycles. The van der Waals surface area contributed by atoms with Crippen molar-refractivity contribution < 1.29 is 23.8 Å². The number of rotatable bonds is 8. The normalized spacial score (nSPS) is 18.5. The van der Waals surface area contributed by atoms with Crippen LogP contribution in [0.4, 0.5) is 4.79 Å². The Labute approximate surface area is 189 Å². The van der Waals surface area contributed by atoms with Gasteiger partial charge in [0, 0.05) is 6.54 Å². The van der Waals surface area contributed by atoms with Crippen LogP contribution in [-0.2, 0) is 15.7 Å². The van der Waals surface area contributed by atoms with Crippen LogP contribution in [0.15, 0.2) is 42.5 Å². The molecule has 32 heavy (non-hydrogen) atoms. The SMILES string of the molecule is COc1ccc([C@@]2(C)NC(=O)N(CCCOc3ccc(C(C)(C)C)cc3)C2=O)cc1OC. The number of amides is 3. The number of nitrogens with zero attached hydrogens (tertiary/aromatic N) is 1. The number of hydrogen-bond acceptors (Lipinski definition) is 5. The third-order valence-electron chi connectivity index (χ3n) is 5.75. The summed E-state index contributed by atoms with van der Waals surface area (Å²) in [6, 6.07) is 12.8. The lowest BCUT2D eigenvalue weighted by Crippen LogP contribution is -2.41. The highest BCUT2D eigenvalue weighted by molar-refractivity contribution is 6.07. The lowest BCUT2D eigenvalue weighted by atomic mass is 9.87. The molecule has 0 aliphatic carbocycles. The summed E-state index contributed by atoms with van der Waals surface area (Å²) in [5.74, 6) is 1.52. The highest BCUT2D eigenvalue weighted by Crippen LogP contribution is 2.35. The number of benzene rings is 2. The fraction of sp³-hybridized carbons (Fsp3) is 0.440. The summed E-state index contributed by atoms with van der Waals surface area (Å²) >= 11 is 0. The molecule has 1 aliphatic rings. The van der Waals surface area contributed by atoms with E-state index in [0.717, 1.165) is 5.75 Å². The Bertz CT molecular complexity index is 981. The number of methoxy groups -OCH3 is 2. The molecule has 3 rings (SSSR count). The molecule has 1 fully saturated rings. The molecule has 2 aromatic carbocycles. The lowest BCUT2D eigenvalue weighted by molar-refractivity contribution is -0.131. The molecule has 0 spiro atoms. The minimum atomic E-state index is -1.17. The summed E-state index contributed by atoms with van der Waals surface area (Å²) in [6.07, 6.45) is 0.530.